The lowest BCUT2D eigenvalue weighted by atomic mass is 9.87. The van der Waals surface area contributed by atoms with Gasteiger partial charge >= 0.3 is 0 Å². The van der Waals surface area contributed by atoms with Crippen LogP contribution in [-0.4, -0.2) is 27.3 Å². The number of nitrogens with zero attached hydrogens (tertiary/aromatic N) is 3. The van der Waals surface area contributed by atoms with Crippen LogP contribution in [0.15, 0.2) is 18.3 Å². The molecular weight excluding hydrogens is 333 g/mol. The monoisotopic (exact) mass is 352 g/mol. The maximum Gasteiger partial charge on any atom is 0.166 e. The average Bonchev–Trinajstić information content (AvgIpc) is 3.15. The number of fused-ring (bicyclic) bond motifs is 1. The Morgan fingerprint density at radius 3 is 2.68 bits per heavy atom. The first-order valence-corrected chi connectivity index (χ1v) is 8.23. The first-order chi connectivity index (χ1) is 11.9. The number of aromatic nitrogens is 2. The van der Waals surface area contributed by atoms with Crippen molar-refractivity contribution in [3.05, 3.63) is 52.6 Å². The van der Waals surface area contributed by atoms with Crippen LogP contribution in [0.4, 0.5) is 13.2 Å². The minimum atomic E-state index is -1.34. The molecule has 134 valence electrons. The fourth-order valence-corrected chi connectivity index (χ4v) is 3.93. The van der Waals surface area contributed by atoms with Crippen LogP contribution in [0.2, 0.25) is 0 Å². The molecule has 25 heavy (non-hydrogen) atoms. The van der Waals surface area contributed by atoms with E-state index < -0.39 is 29.2 Å². The summed E-state index contributed by atoms with van der Waals surface area (Å²) in [7, 11) is 1.83. The summed E-state index contributed by atoms with van der Waals surface area (Å²) >= 11 is 0. The number of rotatable bonds is 2. The van der Waals surface area contributed by atoms with Crippen LogP contribution in [-0.2, 0) is 30.6 Å². The molecule has 0 amide bonds. The smallest absolute Gasteiger partial charge is 0.166 e. The summed E-state index contributed by atoms with van der Waals surface area (Å²) < 4.78 is 49.7. The minimum Gasteiger partial charge on any atom is -0.354 e. The van der Waals surface area contributed by atoms with Gasteiger partial charge in [0.2, 0.25) is 0 Å². The maximum absolute atomic E-state index is 14.6. The molecule has 5 nitrogen and oxygen atoms in total. The average molecular weight is 352 g/mol. The molecule has 2 unspecified atom stereocenters. The normalized spacial score (nSPS) is 26.8. The molecule has 2 N–H and O–H groups in total. The van der Waals surface area contributed by atoms with Crippen molar-refractivity contribution in [1.82, 2.24) is 14.7 Å². The SMILES string of the molecule is Cn1ncc2c1CN(C1(c3cc(F)c(F)cc3F)OCCCC1N)C2. The second-order valence-electron chi connectivity index (χ2n) is 6.64. The summed E-state index contributed by atoms with van der Waals surface area (Å²) in [4.78, 5) is 1.89. The molecule has 0 bridgehead atoms. The lowest BCUT2D eigenvalue weighted by molar-refractivity contribution is -0.205. The number of hydrogen-bond acceptors (Lipinski definition) is 4. The molecule has 0 spiro atoms. The summed E-state index contributed by atoms with van der Waals surface area (Å²) in [5, 5.41) is 4.21. The van der Waals surface area contributed by atoms with Crippen LogP contribution < -0.4 is 5.73 Å². The number of benzene rings is 1. The van der Waals surface area contributed by atoms with E-state index >= 15 is 0 Å². The minimum absolute atomic E-state index is 0.0561. The van der Waals surface area contributed by atoms with E-state index in [9.17, 15) is 13.2 Å². The highest BCUT2D eigenvalue weighted by molar-refractivity contribution is 5.31. The van der Waals surface area contributed by atoms with Crippen LogP contribution in [0.1, 0.15) is 29.7 Å². The molecule has 0 radical (unpaired) electrons. The van der Waals surface area contributed by atoms with Gasteiger partial charge in [-0.1, -0.05) is 0 Å². The predicted octanol–water partition coefficient (Wildman–Crippen LogP) is 2.14. The fraction of sp³-hybridized carbons (Fsp3) is 0.471. The zero-order chi connectivity index (χ0) is 17.8. The van der Waals surface area contributed by atoms with E-state index in [0.29, 0.717) is 32.2 Å². The van der Waals surface area contributed by atoms with Gasteiger partial charge in [0.15, 0.2) is 17.4 Å². The first kappa shape index (κ1) is 16.6. The number of ether oxygens (including phenoxy) is 1. The van der Waals surface area contributed by atoms with Crippen LogP contribution in [0.25, 0.3) is 0 Å². The molecule has 3 heterocycles. The first-order valence-electron chi connectivity index (χ1n) is 8.23. The van der Waals surface area contributed by atoms with Gasteiger partial charge in [-0.2, -0.15) is 5.10 Å². The van der Waals surface area contributed by atoms with E-state index in [1.807, 2.05) is 11.9 Å². The molecule has 0 saturated carbocycles. The van der Waals surface area contributed by atoms with E-state index in [-0.39, 0.29) is 5.56 Å². The van der Waals surface area contributed by atoms with Crippen LogP contribution in [0.5, 0.6) is 0 Å². The van der Waals surface area contributed by atoms with Crippen molar-refractivity contribution in [2.75, 3.05) is 6.61 Å². The molecule has 4 rings (SSSR count). The maximum atomic E-state index is 14.6. The molecule has 1 aromatic heterocycles. The Bertz CT molecular complexity index is 824. The van der Waals surface area contributed by atoms with Gasteiger partial charge in [-0.3, -0.25) is 9.58 Å². The van der Waals surface area contributed by atoms with E-state index in [2.05, 4.69) is 5.10 Å². The van der Waals surface area contributed by atoms with Crippen molar-refractivity contribution >= 4 is 0 Å². The molecule has 1 fully saturated rings. The van der Waals surface area contributed by atoms with Crippen LogP contribution in [0.3, 0.4) is 0 Å². The molecule has 2 aliphatic heterocycles. The zero-order valence-corrected chi connectivity index (χ0v) is 13.8. The molecule has 2 aromatic rings. The fourth-order valence-electron chi connectivity index (χ4n) is 3.93. The third-order valence-corrected chi connectivity index (χ3v) is 5.20. The van der Waals surface area contributed by atoms with Gasteiger partial charge in [0.1, 0.15) is 5.82 Å². The molecular formula is C17H19F3N4O. The Kier molecular flexibility index (Phi) is 3.86. The molecule has 1 saturated heterocycles. The summed E-state index contributed by atoms with van der Waals surface area (Å²) in [6.45, 7) is 1.27. The highest BCUT2D eigenvalue weighted by Crippen LogP contribution is 2.43. The van der Waals surface area contributed by atoms with Gasteiger partial charge in [0.25, 0.3) is 0 Å². The summed E-state index contributed by atoms with van der Waals surface area (Å²) in [5.74, 6) is -3.20. The van der Waals surface area contributed by atoms with Crippen molar-refractivity contribution < 1.29 is 17.9 Å². The molecule has 0 aliphatic carbocycles. The summed E-state index contributed by atoms with van der Waals surface area (Å²) in [6.07, 6.45) is 3.08. The summed E-state index contributed by atoms with van der Waals surface area (Å²) in [5.41, 5.74) is 6.93. The molecule has 2 aliphatic rings. The van der Waals surface area contributed by atoms with Gasteiger partial charge in [-0.05, 0) is 18.9 Å². The Labute approximate surface area is 143 Å². The highest BCUT2D eigenvalue weighted by Gasteiger charge is 2.51. The predicted molar refractivity (Wildman–Crippen MR) is 83.6 cm³/mol. The summed E-state index contributed by atoms with van der Waals surface area (Å²) in [6, 6.07) is 0.863. The van der Waals surface area contributed by atoms with Gasteiger partial charge in [0, 0.05) is 43.9 Å². The third-order valence-electron chi connectivity index (χ3n) is 5.20. The van der Waals surface area contributed by atoms with Crippen LogP contribution in [0, 0.1) is 17.5 Å². The standard InChI is InChI=1S/C17H19F3N4O/c1-23-15-9-24(8-10(15)7-22-23)17(16(21)3-2-4-25-17)11-5-13(19)14(20)6-12(11)18/h5-7,16H,2-4,8-9,21H2,1H3. The van der Waals surface area contributed by atoms with Gasteiger partial charge < -0.3 is 10.5 Å². The van der Waals surface area contributed by atoms with Crippen molar-refractivity contribution in [3.63, 3.8) is 0 Å². The second kappa shape index (κ2) is 5.82. The van der Waals surface area contributed by atoms with Crippen molar-refractivity contribution in [2.45, 2.75) is 37.7 Å². The van der Waals surface area contributed by atoms with Gasteiger partial charge in [-0.15, -0.1) is 0 Å². The number of nitrogens with two attached hydrogens (primary N) is 1. The quantitative estimate of drug-likeness (QED) is 0.842. The number of hydrogen-bond donors (Lipinski definition) is 1. The molecule has 2 atom stereocenters. The topological polar surface area (TPSA) is 56.3 Å². The lowest BCUT2D eigenvalue weighted by Crippen LogP contribution is -2.60. The van der Waals surface area contributed by atoms with E-state index in [1.54, 1.807) is 10.9 Å². The number of halogens is 3. The Morgan fingerprint density at radius 1 is 1.20 bits per heavy atom. The Morgan fingerprint density at radius 2 is 1.96 bits per heavy atom. The second-order valence-corrected chi connectivity index (χ2v) is 6.64. The van der Waals surface area contributed by atoms with Crippen molar-refractivity contribution in [1.29, 1.82) is 0 Å². The van der Waals surface area contributed by atoms with Crippen molar-refractivity contribution in [2.24, 2.45) is 12.8 Å². The Balaban J connectivity index is 1.83. The zero-order valence-electron chi connectivity index (χ0n) is 13.8. The van der Waals surface area contributed by atoms with E-state index in [0.717, 1.165) is 23.7 Å². The van der Waals surface area contributed by atoms with Gasteiger partial charge in [-0.25, -0.2) is 13.2 Å². The van der Waals surface area contributed by atoms with Gasteiger partial charge in [0.05, 0.1) is 17.9 Å². The largest absolute Gasteiger partial charge is 0.354 e. The Hall–Kier alpha value is -1.90. The van der Waals surface area contributed by atoms with E-state index in [4.69, 9.17) is 10.5 Å². The molecule has 1 aromatic carbocycles. The number of aryl methyl sites for hydroxylation is 1. The lowest BCUT2D eigenvalue weighted by Gasteiger charge is -2.48. The highest BCUT2D eigenvalue weighted by atomic mass is 19.2. The molecule has 8 heteroatoms. The van der Waals surface area contributed by atoms with Crippen molar-refractivity contribution in [3.8, 4) is 0 Å². The van der Waals surface area contributed by atoms with E-state index in [1.165, 1.54) is 0 Å². The van der Waals surface area contributed by atoms with Crippen LogP contribution >= 0.6 is 0 Å². The third kappa shape index (κ3) is 2.39.